The summed E-state index contributed by atoms with van der Waals surface area (Å²) in [5, 5.41) is 12.4. The molecule has 24 heavy (non-hydrogen) atoms. The molecule has 2 rings (SSSR count). The van der Waals surface area contributed by atoms with Crippen molar-refractivity contribution in [2.45, 2.75) is 26.3 Å². The maximum Gasteiger partial charge on any atom is 0.338 e. The number of aliphatic imine (C=N–C) groups is 1. The van der Waals surface area contributed by atoms with Gasteiger partial charge in [0.15, 0.2) is 5.17 Å². The van der Waals surface area contributed by atoms with Crippen LogP contribution in [0, 0.1) is 0 Å². The molecule has 7 heteroatoms. The van der Waals surface area contributed by atoms with Gasteiger partial charge >= 0.3 is 11.9 Å². The molecular formula is C17H20N2O4S. The Hall–Kier alpha value is -2.28. The maximum absolute atomic E-state index is 12.3. The summed E-state index contributed by atoms with van der Waals surface area (Å²) < 4.78 is 5.16. The number of thioether (sulfide) groups is 1. The third-order valence-electron chi connectivity index (χ3n) is 3.38. The lowest BCUT2D eigenvalue weighted by Gasteiger charge is -2.25. The molecule has 1 aromatic rings. The van der Waals surface area contributed by atoms with Crippen molar-refractivity contribution in [1.82, 2.24) is 5.32 Å². The van der Waals surface area contributed by atoms with Gasteiger partial charge < -0.3 is 15.2 Å². The molecule has 0 radical (unpaired) electrons. The molecule has 0 fully saturated rings. The predicted octanol–water partition coefficient (Wildman–Crippen LogP) is 2.73. The van der Waals surface area contributed by atoms with Gasteiger partial charge in [-0.2, -0.15) is 0 Å². The number of carbonyl (C=O) groups excluding carboxylic acids is 1. The van der Waals surface area contributed by atoms with E-state index in [1.807, 2.05) is 30.3 Å². The molecule has 128 valence electrons. The zero-order valence-electron chi connectivity index (χ0n) is 13.6. The monoisotopic (exact) mass is 348 g/mol. The molecule has 6 nitrogen and oxygen atoms in total. The van der Waals surface area contributed by atoms with Crippen molar-refractivity contribution < 1.29 is 19.4 Å². The molecule has 2 N–H and O–H groups in total. The molecule has 0 bridgehead atoms. The summed E-state index contributed by atoms with van der Waals surface area (Å²) in [6.45, 7) is 3.85. The lowest BCUT2D eigenvalue weighted by molar-refractivity contribution is -0.139. The van der Waals surface area contributed by atoms with E-state index in [9.17, 15) is 9.59 Å². The number of hydrogen-bond donors (Lipinski definition) is 2. The fourth-order valence-corrected chi connectivity index (χ4v) is 3.18. The van der Waals surface area contributed by atoms with E-state index in [1.165, 1.54) is 11.8 Å². The number of amidine groups is 1. The molecule has 1 aromatic carbocycles. The van der Waals surface area contributed by atoms with Crippen LogP contribution in [0.5, 0.6) is 0 Å². The van der Waals surface area contributed by atoms with E-state index in [4.69, 9.17) is 9.84 Å². The van der Waals surface area contributed by atoms with Crippen LogP contribution in [0.25, 0.3) is 0 Å². The highest BCUT2D eigenvalue weighted by atomic mass is 32.2. The molecule has 0 saturated carbocycles. The van der Waals surface area contributed by atoms with Gasteiger partial charge in [-0.15, -0.1) is 0 Å². The Morgan fingerprint density at radius 1 is 1.33 bits per heavy atom. The number of nitrogens with one attached hydrogen (secondary N) is 1. The third-order valence-corrected chi connectivity index (χ3v) is 4.27. The molecular weight excluding hydrogens is 328 g/mol. The minimum Gasteiger partial charge on any atom is -0.481 e. The SMILES string of the molecule is CCOC(=O)C1=C(C)NC(SCCC(=O)O)=N[C@@H]1c1ccccc1. The van der Waals surface area contributed by atoms with Gasteiger partial charge in [-0.1, -0.05) is 42.1 Å². The average Bonchev–Trinajstić information content (AvgIpc) is 2.55. The van der Waals surface area contributed by atoms with Crippen LogP contribution >= 0.6 is 11.8 Å². The van der Waals surface area contributed by atoms with Crippen molar-refractivity contribution in [1.29, 1.82) is 0 Å². The largest absolute Gasteiger partial charge is 0.481 e. The molecule has 0 aromatic heterocycles. The molecule has 0 saturated heterocycles. The molecule has 0 amide bonds. The van der Waals surface area contributed by atoms with Crippen LogP contribution in [-0.2, 0) is 14.3 Å². The first-order valence-electron chi connectivity index (χ1n) is 7.65. The van der Waals surface area contributed by atoms with Gasteiger partial charge in [0.25, 0.3) is 0 Å². The Morgan fingerprint density at radius 2 is 2.04 bits per heavy atom. The number of ether oxygens (including phenoxy) is 1. The summed E-state index contributed by atoms with van der Waals surface area (Å²) in [5.41, 5.74) is 2.04. The molecule has 1 aliphatic heterocycles. The highest BCUT2D eigenvalue weighted by Gasteiger charge is 2.30. The van der Waals surface area contributed by atoms with Crippen LogP contribution in [0.15, 0.2) is 46.6 Å². The summed E-state index contributed by atoms with van der Waals surface area (Å²) in [4.78, 5) is 27.6. The number of benzene rings is 1. The Balaban J connectivity index is 2.28. The van der Waals surface area contributed by atoms with Gasteiger partial charge in [-0.3, -0.25) is 4.79 Å². The van der Waals surface area contributed by atoms with E-state index < -0.39 is 18.0 Å². The lowest BCUT2D eigenvalue weighted by Crippen LogP contribution is -2.30. The van der Waals surface area contributed by atoms with Crippen molar-refractivity contribution in [3.8, 4) is 0 Å². The van der Waals surface area contributed by atoms with Crippen molar-refractivity contribution in [3.63, 3.8) is 0 Å². The number of carboxylic acid groups (broad SMARTS) is 1. The smallest absolute Gasteiger partial charge is 0.338 e. The van der Waals surface area contributed by atoms with Crippen LogP contribution in [0.2, 0.25) is 0 Å². The Kier molecular flexibility index (Phi) is 6.43. The third kappa shape index (κ3) is 4.61. The van der Waals surface area contributed by atoms with Crippen LogP contribution in [0.1, 0.15) is 31.9 Å². The summed E-state index contributed by atoms with van der Waals surface area (Å²) in [7, 11) is 0. The molecule has 1 atom stereocenters. The fraction of sp³-hybridized carbons (Fsp3) is 0.353. The van der Waals surface area contributed by atoms with Crippen LogP contribution in [-0.4, -0.2) is 34.6 Å². The first-order valence-corrected chi connectivity index (χ1v) is 8.63. The summed E-state index contributed by atoms with van der Waals surface area (Å²) >= 11 is 1.33. The topological polar surface area (TPSA) is 88.0 Å². The van der Waals surface area contributed by atoms with Gasteiger partial charge in [-0.25, -0.2) is 9.79 Å². The van der Waals surface area contributed by atoms with E-state index in [1.54, 1.807) is 13.8 Å². The second-order valence-corrected chi connectivity index (χ2v) is 6.21. The number of rotatable bonds is 6. The zero-order chi connectivity index (χ0) is 17.5. The van der Waals surface area contributed by atoms with E-state index >= 15 is 0 Å². The number of aliphatic carboxylic acids is 1. The van der Waals surface area contributed by atoms with Gasteiger partial charge in [0.2, 0.25) is 0 Å². The summed E-state index contributed by atoms with van der Waals surface area (Å²) in [6.07, 6.45) is 0.0505. The summed E-state index contributed by atoms with van der Waals surface area (Å²) in [6, 6.07) is 9.04. The molecule has 0 spiro atoms. The number of nitrogens with zero attached hydrogens (tertiary/aromatic N) is 1. The first kappa shape index (κ1) is 18.1. The highest BCUT2D eigenvalue weighted by molar-refractivity contribution is 8.13. The number of carboxylic acids is 1. The average molecular weight is 348 g/mol. The van der Waals surface area contributed by atoms with Crippen molar-refractivity contribution in [2.75, 3.05) is 12.4 Å². The standard InChI is InChI=1S/C17H20N2O4S/c1-3-23-16(22)14-11(2)18-17(24-10-9-13(20)21)19-15(14)12-7-5-4-6-8-12/h4-8,15H,3,9-10H2,1-2H3,(H,18,19)(H,20,21)/t15-/m1/s1. The van der Waals surface area contributed by atoms with Crippen molar-refractivity contribution in [2.24, 2.45) is 4.99 Å². The van der Waals surface area contributed by atoms with Crippen LogP contribution in [0.4, 0.5) is 0 Å². The second kappa shape index (κ2) is 8.54. The molecule has 0 aliphatic carbocycles. The number of carbonyl (C=O) groups is 2. The lowest BCUT2D eigenvalue weighted by atomic mass is 9.97. The first-order chi connectivity index (χ1) is 11.5. The number of hydrogen-bond acceptors (Lipinski definition) is 6. The second-order valence-electron chi connectivity index (χ2n) is 5.12. The molecule has 1 heterocycles. The minimum absolute atomic E-state index is 0.0505. The van der Waals surface area contributed by atoms with Gasteiger partial charge in [0.1, 0.15) is 6.04 Å². The normalized spacial score (nSPS) is 17.1. The van der Waals surface area contributed by atoms with Crippen LogP contribution in [0.3, 0.4) is 0 Å². The highest BCUT2D eigenvalue weighted by Crippen LogP contribution is 2.32. The Bertz CT molecular complexity index is 670. The number of esters is 1. The summed E-state index contributed by atoms with van der Waals surface area (Å²) in [5.74, 6) is -0.835. The van der Waals surface area contributed by atoms with Gasteiger partial charge in [-0.05, 0) is 19.4 Å². The Morgan fingerprint density at radius 3 is 2.67 bits per heavy atom. The fourth-order valence-electron chi connectivity index (χ4n) is 2.31. The quantitative estimate of drug-likeness (QED) is 0.769. The van der Waals surface area contributed by atoms with E-state index in [-0.39, 0.29) is 6.42 Å². The van der Waals surface area contributed by atoms with Gasteiger partial charge in [0.05, 0.1) is 18.6 Å². The van der Waals surface area contributed by atoms with E-state index in [0.29, 0.717) is 28.8 Å². The zero-order valence-corrected chi connectivity index (χ0v) is 14.4. The van der Waals surface area contributed by atoms with Gasteiger partial charge in [0, 0.05) is 11.4 Å². The van der Waals surface area contributed by atoms with E-state index in [0.717, 1.165) is 5.56 Å². The predicted molar refractivity (Wildman–Crippen MR) is 93.8 cm³/mol. The van der Waals surface area contributed by atoms with Crippen molar-refractivity contribution >= 4 is 28.9 Å². The van der Waals surface area contributed by atoms with Crippen molar-refractivity contribution in [3.05, 3.63) is 47.2 Å². The van der Waals surface area contributed by atoms with Crippen LogP contribution < -0.4 is 5.32 Å². The molecule has 0 unspecified atom stereocenters. The minimum atomic E-state index is -0.849. The van der Waals surface area contributed by atoms with E-state index in [2.05, 4.69) is 10.3 Å². The molecule has 1 aliphatic rings. The Labute approximate surface area is 145 Å². The maximum atomic E-state index is 12.3. The number of allylic oxidation sites excluding steroid dienone is 1.